The molecule has 1 saturated carbocycles. The second-order valence-corrected chi connectivity index (χ2v) is 5.01. The fourth-order valence-electron chi connectivity index (χ4n) is 2.39. The summed E-state index contributed by atoms with van der Waals surface area (Å²) in [4.78, 5) is 11.6. The number of phenolic OH excluding ortho intramolecular Hbond substituents is 1. The van der Waals surface area contributed by atoms with Crippen molar-refractivity contribution in [3.63, 3.8) is 0 Å². The monoisotopic (exact) mass is 266 g/mol. The van der Waals surface area contributed by atoms with E-state index in [0.29, 0.717) is 18.2 Å². The van der Waals surface area contributed by atoms with Crippen LogP contribution < -0.4 is 10.6 Å². The van der Waals surface area contributed by atoms with Gasteiger partial charge in [-0.2, -0.15) is 0 Å². The first-order chi connectivity index (χ1) is 9.15. The van der Waals surface area contributed by atoms with E-state index in [1.807, 2.05) is 0 Å². The van der Waals surface area contributed by atoms with Gasteiger partial charge in [0.2, 0.25) is 0 Å². The van der Waals surface area contributed by atoms with E-state index in [0.717, 1.165) is 18.9 Å². The molecule has 19 heavy (non-hydrogen) atoms. The summed E-state index contributed by atoms with van der Waals surface area (Å²) in [6.45, 7) is 0.659. The van der Waals surface area contributed by atoms with Gasteiger partial charge in [-0.05, 0) is 30.9 Å². The van der Waals surface area contributed by atoms with Gasteiger partial charge in [-0.25, -0.2) is 9.18 Å². The molecule has 0 atom stereocenters. The summed E-state index contributed by atoms with van der Waals surface area (Å²) in [6, 6.07) is 3.43. The van der Waals surface area contributed by atoms with Crippen molar-refractivity contribution in [2.75, 3.05) is 11.9 Å². The van der Waals surface area contributed by atoms with Crippen molar-refractivity contribution in [1.82, 2.24) is 5.32 Å². The van der Waals surface area contributed by atoms with Crippen LogP contribution in [0.1, 0.15) is 32.1 Å². The molecule has 0 unspecified atom stereocenters. The molecule has 1 aliphatic rings. The Morgan fingerprint density at radius 1 is 1.32 bits per heavy atom. The molecule has 0 aromatic heterocycles. The van der Waals surface area contributed by atoms with E-state index in [-0.39, 0.29) is 6.03 Å². The lowest BCUT2D eigenvalue weighted by atomic mass is 9.89. The summed E-state index contributed by atoms with van der Waals surface area (Å²) in [5.74, 6) is -0.616. The summed E-state index contributed by atoms with van der Waals surface area (Å²) in [6.07, 6.45) is 6.08. The zero-order valence-electron chi connectivity index (χ0n) is 10.8. The number of nitrogens with one attached hydrogen (secondary N) is 2. The summed E-state index contributed by atoms with van der Waals surface area (Å²) in [5, 5.41) is 14.4. The van der Waals surface area contributed by atoms with Crippen LogP contribution in [0.25, 0.3) is 0 Å². The maximum atomic E-state index is 13.1. The molecular weight excluding hydrogens is 247 g/mol. The Bertz CT molecular complexity index is 445. The quantitative estimate of drug-likeness (QED) is 0.735. The van der Waals surface area contributed by atoms with Gasteiger partial charge in [-0.1, -0.05) is 19.3 Å². The molecule has 0 saturated heterocycles. The van der Waals surface area contributed by atoms with Crippen molar-refractivity contribution in [2.45, 2.75) is 32.1 Å². The van der Waals surface area contributed by atoms with E-state index >= 15 is 0 Å². The van der Waals surface area contributed by atoms with Crippen LogP contribution in [0.4, 0.5) is 14.9 Å². The average Bonchev–Trinajstić information content (AvgIpc) is 2.42. The molecule has 1 fully saturated rings. The first-order valence-corrected chi connectivity index (χ1v) is 6.68. The highest BCUT2D eigenvalue weighted by atomic mass is 19.1. The second-order valence-electron chi connectivity index (χ2n) is 5.01. The number of phenols is 1. The molecule has 0 aliphatic heterocycles. The van der Waals surface area contributed by atoms with Gasteiger partial charge in [0.05, 0.1) is 0 Å². The molecule has 2 rings (SSSR count). The molecule has 2 amide bonds. The zero-order chi connectivity index (χ0) is 13.7. The Labute approximate surface area is 112 Å². The number of benzene rings is 1. The number of halogens is 1. The van der Waals surface area contributed by atoms with E-state index < -0.39 is 11.6 Å². The van der Waals surface area contributed by atoms with Crippen LogP contribution in [0.5, 0.6) is 5.75 Å². The minimum absolute atomic E-state index is 0.330. The fourth-order valence-corrected chi connectivity index (χ4v) is 2.39. The van der Waals surface area contributed by atoms with Gasteiger partial charge in [0.1, 0.15) is 0 Å². The molecule has 0 spiro atoms. The third-order valence-electron chi connectivity index (χ3n) is 3.48. The van der Waals surface area contributed by atoms with E-state index in [4.69, 9.17) is 5.11 Å². The van der Waals surface area contributed by atoms with Gasteiger partial charge in [0, 0.05) is 18.3 Å². The molecular formula is C14H19FN2O2. The van der Waals surface area contributed by atoms with E-state index in [1.165, 1.54) is 31.4 Å². The van der Waals surface area contributed by atoms with Crippen molar-refractivity contribution >= 4 is 11.7 Å². The SMILES string of the molecule is O=C(NCC1CCCCC1)Nc1ccc(O)c(F)c1. The number of aromatic hydroxyl groups is 1. The highest BCUT2D eigenvalue weighted by Crippen LogP contribution is 2.23. The van der Waals surface area contributed by atoms with Crippen molar-refractivity contribution in [1.29, 1.82) is 0 Å². The first-order valence-electron chi connectivity index (χ1n) is 6.68. The van der Waals surface area contributed by atoms with Crippen molar-refractivity contribution in [3.8, 4) is 5.75 Å². The van der Waals surface area contributed by atoms with Crippen LogP contribution in [-0.2, 0) is 0 Å². The largest absolute Gasteiger partial charge is 0.505 e. The van der Waals surface area contributed by atoms with Crippen molar-refractivity contribution in [3.05, 3.63) is 24.0 Å². The number of carbonyl (C=O) groups excluding carboxylic acids is 1. The standard InChI is InChI=1S/C14H19FN2O2/c15-12-8-11(6-7-13(12)18)17-14(19)16-9-10-4-2-1-3-5-10/h6-8,10,18H,1-5,9H2,(H2,16,17,19). The summed E-state index contributed by atoms with van der Waals surface area (Å²) < 4.78 is 13.1. The van der Waals surface area contributed by atoms with Gasteiger partial charge in [0.25, 0.3) is 0 Å². The molecule has 1 aromatic carbocycles. The fraction of sp³-hybridized carbons (Fsp3) is 0.500. The summed E-state index contributed by atoms with van der Waals surface area (Å²) in [7, 11) is 0. The molecule has 104 valence electrons. The maximum absolute atomic E-state index is 13.1. The van der Waals surface area contributed by atoms with Crippen LogP contribution in [0.3, 0.4) is 0 Å². The molecule has 0 bridgehead atoms. The minimum atomic E-state index is -0.745. The molecule has 0 heterocycles. The third-order valence-corrected chi connectivity index (χ3v) is 3.48. The van der Waals surface area contributed by atoms with Crippen molar-refractivity contribution in [2.24, 2.45) is 5.92 Å². The maximum Gasteiger partial charge on any atom is 0.319 e. The van der Waals surface area contributed by atoms with E-state index in [9.17, 15) is 9.18 Å². The van der Waals surface area contributed by atoms with Crippen LogP contribution in [0.2, 0.25) is 0 Å². The zero-order valence-corrected chi connectivity index (χ0v) is 10.8. The Kier molecular flexibility index (Phi) is 4.60. The molecule has 4 nitrogen and oxygen atoms in total. The smallest absolute Gasteiger partial charge is 0.319 e. The summed E-state index contributed by atoms with van der Waals surface area (Å²) in [5.41, 5.74) is 0.330. The van der Waals surface area contributed by atoms with Gasteiger partial charge >= 0.3 is 6.03 Å². The molecule has 1 aromatic rings. The van der Waals surface area contributed by atoms with E-state index in [1.54, 1.807) is 0 Å². The predicted molar refractivity (Wildman–Crippen MR) is 71.7 cm³/mol. The Hall–Kier alpha value is -1.78. The average molecular weight is 266 g/mol. The third kappa shape index (κ3) is 4.12. The number of anilines is 1. The number of amides is 2. The van der Waals surface area contributed by atoms with Gasteiger partial charge in [0.15, 0.2) is 11.6 Å². The molecule has 1 aliphatic carbocycles. The van der Waals surface area contributed by atoms with Crippen LogP contribution in [0, 0.1) is 11.7 Å². The summed E-state index contributed by atoms with van der Waals surface area (Å²) >= 11 is 0. The number of urea groups is 1. The highest BCUT2D eigenvalue weighted by molar-refractivity contribution is 5.89. The lowest BCUT2D eigenvalue weighted by Gasteiger charge is -2.21. The normalized spacial score (nSPS) is 16.1. The Balaban J connectivity index is 1.78. The number of carbonyl (C=O) groups is 1. The van der Waals surface area contributed by atoms with Crippen molar-refractivity contribution < 1.29 is 14.3 Å². The van der Waals surface area contributed by atoms with Gasteiger partial charge in [-0.15, -0.1) is 0 Å². The molecule has 5 heteroatoms. The Morgan fingerprint density at radius 2 is 2.05 bits per heavy atom. The van der Waals surface area contributed by atoms with Gasteiger partial charge < -0.3 is 15.7 Å². The molecule has 0 radical (unpaired) electrons. The Morgan fingerprint density at radius 3 is 2.74 bits per heavy atom. The first kappa shape index (κ1) is 13.6. The highest BCUT2D eigenvalue weighted by Gasteiger charge is 2.14. The second kappa shape index (κ2) is 6.41. The topological polar surface area (TPSA) is 61.4 Å². The van der Waals surface area contributed by atoms with E-state index in [2.05, 4.69) is 10.6 Å². The van der Waals surface area contributed by atoms with Crippen LogP contribution in [-0.4, -0.2) is 17.7 Å². The van der Waals surface area contributed by atoms with Crippen LogP contribution >= 0.6 is 0 Å². The number of rotatable bonds is 3. The predicted octanol–water partition coefficient (Wildman–Crippen LogP) is 3.23. The number of hydrogen-bond acceptors (Lipinski definition) is 2. The minimum Gasteiger partial charge on any atom is -0.505 e. The van der Waals surface area contributed by atoms with Gasteiger partial charge in [-0.3, -0.25) is 0 Å². The molecule has 3 N–H and O–H groups in total. The lowest BCUT2D eigenvalue weighted by Crippen LogP contribution is -2.33. The lowest BCUT2D eigenvalue weighted by molar-refractivity contribution is 0.247. The number of hydrogen-bond donors (Lipinski definition) is 3. The van der Waals surface area contributed by atoms with Crippen LogP contribution in [0.15, 0.2) is 18.2 Å².